The Morgan fingerprint density at radius 2 is 2.11 bits per heavy atom. The number of hydrogen-bond acceptors (Lipinski definition) is 8. The van der Waals surface area contributed by atoms with E-state index >= 15 is 0 Å². The van der Waals surface area contributed by atoms with Crippen LogP contribution in [0.15, 0.2) is 42.7 Å². The quantitative estimate of drug-likeness (QED) is 0.281. The highest BCUT2D eigenvalue weighted by Gasteiger charge is 2.13. The number of rotatable bonds is 12. The molecule has 4 N–H and O–H groups in total. The van der Waals surface area contributed by atoms with Crippen LogP contribution in [0.4, 0.5) is 16.3 Å². The highest BCUT2D eigenvalue weighted by Crippen LogP contribution is 2.30. The number of amides is 2. The van der Waals surface area contributed by atoms with Crippen molar-refractivity contribution in [3.63, 3.8) is 0 Å². The molecule has 0 saturated heterocycles. The summed E-state index contributed by atoms with van der Waals surface area (Å²) < 4.78 is 5.76. The van der Waals surface area contributed by atoms with Crippen LogP contribution in [0, 0.1) is 5.92 Å². The molecule has 35 heavy (non-hydrogen) atoms. The van der Waals surface area contributed by atoms with Gasteiger partial charge in [0.25, 0.3) is 0 Å². The summed E-state index contributed by atoms with van der Waals surface area (Å²) in [5, 5.41) is 21.6. The fourth-order valence-electron chi connectivity index (χ4n) is 3.04. The summed E-state index contributed by atoms with van der Waals surface area (Å²) >= 11 is 7.94. The minimum atomic E-state index is -0.493. The molecule has 2 aromatic heterocycles. The zero-order chi connectivity index (χ0) is 25.2. The second-order valence-corrected chi connectivity index (χ2v) is 9.27. The van der Waals surface area contributed by atoms with Gasteiger partial charge in [0, 0.05) is 35.9 Å². The lowest BCUT2D eigenvalue weighted by molar-refractivity contribution is 0.135. The molecular formula is C24H29ClN6O3S. The second-order valence-electron chi connectivity index (χ2n) is 7.88. The number of nitrogens with zero attached hydrogens (tertiary/aromatic N) is 3. The van der Waals surface area contributed by atoms with E-state index in [-0.39, 0.29) is 11.9 Å². The van der Waals surface area contributed by atoms with Gasteiger partial charge in [0.1, 0.15) is 29.5 Å². The average molecular weight is 517 g/mol. The van der Waals surface area contributed by atoms with Crippen LogP contribution >= 0.6 is 22.9 Å². The number of nitrogens with one attached hydrogen (secondary N) is 3. The highest BCUT2D eigenvalue weighted by atomic mass is 35.5. The van der Waals surface area contributed by atoms with E-state index in [4.69, 9.17) is 16.3 Å². The maximum Gasteiger partial charge on any atom is 0.314 e. The maximum atomic E-state index is 12.1. The van der Waals surface area contributed by atoms with Crippen LogP contribution in [-0.2, 0) is 13.0 Å². The number of carbonyl (C=O) groups excluding carboxylic acids is 1. The van der Waals surface area contributed by atoms with Crippen molar-refractivity contribution in [1.82, 2.24) is 25.6 Å². The zero-order valence-corrected chi connectivity index (χ0v) is 21.2. The summed E-state index contributed by atoms with van der Waals surface area (Å²) in [7, 11) is 0. The number of hydrogen-bond donors (Lipinski definition) is 4. The molecule has 9 nitrogen and oxygen atoms in total. The molecule has 0 fully saturated rings. The first kappa shape index (κ1) is 26.4. The van der Waals surface area contributed by atoms with Gasteiger partial charge in [-0.25, -0.2) is 19.7 Å². The molecule has 3 aromatic rings. The summed E-state index contributed by atoms with van der Waals surface area (Å²) in [4.78, 5) is 24.9. The molecule has 11 heteroatoms. The number of benzene rings is 1. The Kier molecular flexibility index (Phi) is 9.83. The fourth-order valence-corrected chi connectivity index (χ4v) is 3.80. The van der Waals surface area contributed by atoms with Crippen LogP contribution in [0.1, 0.15) is 30.1 Å². The minimum absolute atomic E-state index is 0.0394. The van der Waals surface area contributed by atoms with Crippen LogP contribution in [-0.4, -0.2) is 45.3 Å². The summed E-state index contributed by atoms with van der Waals surface area (Å²) in [6.07, 6.45) is 4.82. The van der Waals surface area contributed by atoms with Crippen LogP contribution in [0.2, 0.25) is 5.02 Å². The molecule has 1 aromatic carbocycles. The molecule has 0 radical (unpaired) electrons. The Morgan fingerprint density at radius 1 is 1.29 bits per heavy atom. The first-order valence-electron chi connectivity index (χ1n) is 11.1. The first-order chi connectivity index (χ1) is 16.9. The lowest BCUT2D eigenvalue weighted by Crippen LogP contribution is -2.40. The van der Waals surface area contributed by atoms with Gasteiger partial charge in [-0.15, -0.1) is 11.3 Å². The fraction of sp³-hybridized carbons (Fsp3) is 0.333. The number of aromatic nitrogens is 3. The van der Waals surface area contributed by atoms with E-state index in [9.17, 15) is 9.90 Å². The number of ether oxygens (including phenoxy) is 1. The van der Waals surface area contributed by atoms with E-state index in [0.29, 0.717) is 48.4 Å². The van der Waals surface area contributed by atoms with E-state index < -0.39 is 6.10 Å². The molecule has 2 heterocycles. The summed E-state index contributed by atoms with van der Waals surface area (Å²) in [5.41, 5.74) is 2.20. The third kappa shape index (κ3) is 7.91. The van der Waals surface area contributed by atoms with E-state index in [1.54, 1.807) is 31.3 Å². The van der Waals surface area contributed by atoms with Crippen LogP contribution in [0.3, 0.4) is 0 Å². The number of urea groups is 1. The van der Waals surface area contributed by atoms with Gasteiger partial charge >= 0.3 is 6.03 Å². The SMILES string of the molecule is C=Cc1ncnc(Nc2ccc(OCc3nccs3)c(Cl)c2)c1CCNC(=O)NC[C@@H](C)[C@@H](C)O. The van der Waals surface area contributed by atoms with Gasteiger partial charge in [0.05, 0.1) is 16.8 Å². The van der Waals surface area contributed by atoms with Crippen LogP contribution in [0.25, 0.3) is 6.08 Å². The summed E-state index contributed by atoms with van der Waals surface area (Å²) in [5.74, 6) is 1.11. The number of halogens is 1. The molecule has 186 valence electrons. The van der Waals surface area contributed by atoms with Gasteiger partial charge in [-0.1, -0.05) is 25.1 Å². The van der Waals surface area contributed by atoms with Gasteiger partial charge in [0.15, 0.2) is 0 Å². The van der Waals surface area contributed by atoms with Crippen molar-refractivity contribution in [3.05, 3.63) is 64.0 Å². The monoisotopic (exact) mass is 516 g/mol. The predicted octanol–water partition coefficient (Wildman–Crippen LogP) is 4.41. The van der Waals surface area contributed by atoms with Crippen LogP contribution in [0.5, 0.6) is 5.75 Å². The van der Waals surface area contributed by atoms with Gasteiger partial charge < -0.3 is 25.8 Å². The number of anilines is 2. The van der Waals surface area contributed by atoms with Crippen molar-refractivity contribution in [3.8, 4) is 5.75 Å². The van der Waals surface area contributed by atoms with Crippen molar-refractivity contribution in [2.24, 2.45) is 5.92 Å². The van der Waals surface area contributed by atoms with Crippen molar-refractivity contribution < 1.29 is 14.6 Å². The summed E-state index contributed by atoms with van der Waals surface area (Å²) in [6.45, 7) is 8.49. The third-order valence-electron chi connectivity index (χ3n) is 5.27. The molecule has 2 amide bonds. The molecule has 0 aliphatic rings. The van der Waals surface area contributed by atoms with Crippen molar-refractivity contribution in [2.45, 2.75) is 33.0 Å². The lowest BCUT2D eigenvalue weighted by atomic mass is 10.1. The van der Waals surface area contributed by atoms with E-state index in [0.717, 1.165) is 16.3 Å². The van der Waals surface area contributed by atoms with Crippen LogP contribution < -0.4 is 20.7 Å². The molecule has 0 saturated carbocycles. The highest BCUT2D eigenvalue weighted by molar-refractivity contribution is 7.09. The van der Waals surface area contributed by atoms with Gasteiger partial charge in [-0.3, -0.25) is 0 Å². The Labute approximate surface area is 213 Å². The largest absolute Gasteiger partial charge is 0.485 e. The first-order valence-corrected chi connectivity index (χ1v) is 12.4. The molecule has 0 unspecified atom stereocenters. The lowest BCUT2D eigenvalue weighted by Gasteiger charge is -2.16. The number of carbonyl (C=O) groups is 1. The van der Waals surface area contributed by atoms with Gasteiger partial charge in [-0.2, -0.15) is 0 Å². The Bertz CT molecular complexity index is 1130. The molecule has 0 aliphatic carbocycles. The molecule has 0 aliphatic heterocycles. The Balaban J connectivity index is 1.62. The second kappa shape index (κ2) is 13.0. The van der Waals surface area contributed by atoms with Crippen molar-refractivity contribution in [1.29, 1.82) is 0 Å². The zero-order valence-electron chi connectivity index (χ0n) is 19.6. The van der Waals surface area contributed by atoms with Crippen molar-refractivity contribution in [2.75, 3.05) is 18.4 Å². The van der Waals surface area contributed by atoms with E-state index in [2.05, 4.69) is 37.5 Å². The number of aliphatic hydroxyl groups excluding tert-OH is 1. The van der Waals surface area contributed by atoms with E-state index in [1.165, 1.54) is 17.7 Å². The predicted molar refractivity (Wildman–Crippen MR) is 139 cm³/mol. The summed E-state index contributed by atoms with van der Waals surface area (Å²) in [6, 6.07) is 5.09. The normalized spacial score (nSPS) is 12.5. The Morgan fingerprint density at radius 3 is 2.80 bits per heavy atom. The number of aliphatic hydroxyl groups is 1. The standard InChI is InChI=1S/C24H29ClN6O3S/c1-4-20-18(7-8-27-24(33)28-12-15(2)16(3)32)23(30-14-29-20)31-17-5-6-21(19(25)11-17)34-13-22-26-9-10-35-22/h4-6,9-11,14-16,32H,1,7-8,12-13H2,2-3H3,(H2,27,28,33)(H,29,30,31)/t15-,16-/m1/s1. The van der Waals surface area contributed by atoms with Gasteiger partial charge in [0.2, 0.25) is 0 Å². The molecule has 3 rings (SSSR count). The molecule has 0 bridgehead atoms. The third-order valence-corrected chi connectivity index (χ3v) is 6.32. The minimum Gasteiger partial charge on any atom is -0.485 e. The molecule has 0 spiro atoms. The molecular weight excluding hydrogens is 488 g/mol. The maximum absolute atomic E-state index is 12.1. The number of thiazole rings is 1. The molecule has 2 atom stereocenters. The van der Waals surface area contributed by atoms with Crippen molar-refractivity contribution >= 4 is 46.6 Å². The smallest absolute Gasteiger partial charge is 0.314 e. The topological polar surface area (TPSA) is 121 Å². The average Bonchev–Trinajstić information content (AvgIpc) is 3.36. The Hall–Kier alpha value is -3.21. The van der Waals surface area contributed by atoms with E-state index in [1.807, 2.05) is 18.4 Å². The van der Waals surface area contributed by atoms with Gasteiger partial charge in [-0.05, 0) is 43.5 Å².